The lowest BCUT2D eigenvalue weighted by atomic mass is 10.1. The molecule has 0 radical (unpaired) electrons. The smallest absolute Gasteiger partial charge is 0.330 e. The molecule has 0 atom stereocenters. The lowest BCUT2D eigenvalue weighted by molar-refractivity contribution is -0.114. The van der Waals surface area contributed by atoms with E-state index >= 15 is 0 Å². The first kappa shape index (κ1) is 22.5. The molecule has 29 heavy (non-hydrogen) atoms. The fourth-order valence-corrected chi connectivity index (χ4v) is 3.10. The molecule has 1 aromatic heterocycles. The number of carbonyl (C=O) groups is 1. The Bertz CT molecular complexity index is 1010. The zero-order valence-corrected chi connectivity index (χ0v) is 17.7. The number of H-pyrrole nitrogens is 1. The number of amides is 1. The van der Waals surface area contributed by atoms with Crippen LogP contribution in [0.5, 0.6) is 0 Å². The minimum absolute atomic E-state index is 0.00245. The number of unbranched alkanes of at least 4 members (excludes halogenated alkanes) is 1. The van der Waals surface area contributed by atoms with E-state index in [9.17, 15) is 14.4 Å². The summed E-state index contributed by atoms with van der Waals surface area (Å²) >= 11 is 5.98. The highest BCUT2D eigenvalue weighted by molar-refractivity contribution is 6.30. The number of benzene rings is 1. The van der Waals surface area contributed by atoms with E-state index in [2.05, 4.69) is 4.98 Å². The van der Waals surface area contributed by atoms with E-state index in [1.807, 2.05) is 26.8 Å². The van der Waals surface area contributed by atoms with Gasteiger partial charge in [0.2, 0.25) is 0 Å². The topological polar surface area (TPSA) is 101 Å². The van der Waals surface area contributed by atoms with Crippen LogP contribution in [0.25, 0.3) is 6.08 Å². The highest BCUT2D eigenvalue weighted by Crippen LogP contribution is 2.20. The number of hydrogen-bond donors (Lipinski definition) is 2. The first-order valence-corrected chi connectivity index (χ1v) is 10.00. The van der Waals surface area contributed by atoms with Crippen molar-refractivity contribution < 1.29 is 4.79 Å². The zero-order valence-electron chi connectivity index (χ0n) is 16.9. The number of halogens is 1. The number of aromatic amines is 1. The van der Waals surface area contributed by atoms with E-state index in [0.29, 0.717) is 11.6 Å². The van der Waals surface area contributed by atoms with Crippen molar-refractivity contribution in [2.24, 2.45) is 5.92 Å². The normalized spacial score (nSPS) is 11.3. The van der Waals surface area contributed by atoms with Gasteiger partial charge in [-0.05, 0) is 36.1 Å². The van der Waals surface area contributed by atoms with Crippen LogP contribution in [-0.4, -0.2) is 22.0 Å². The molecule has 1 aromatic carbocycles. The Morgan fingerprint density at radius 1 is 1.34 bits per heavy atom. The van der Waals surface area contributed by atoms with Gasteiger partial charge in [0.25, 0.3) is 11.5 Å². The molecule has 0 spiro atoms. The second-order valence-electron chi connectivity index (χ2n) is 7.23. The van der Waals surface area contributed by atoms with Crippen LogP contribution in [-0.2, 0) is 11.3 Å². The SMILES string of the molecule is CCCCn1c(N)c(N(CC(C)C)C(=O)/C=C/c2cccc(Cl)c2)c(=O)[nH]c1=O. The molecule has 3 N–H and O–H groups in total. The maximum absolute atomic E-state index is 13.0. The highest BCUT2D eigenvalue weighted by Gasteiger charge is 2.23. The summed E-state index contributed by atoms with van der Waals surface area (Å²) in [6.07, 6.45) is 4.58. The van der Waals surface area contributed by atoms with Gasteiger partial charge in [-0.2, -0.15) is 0 Å². The quantitative estimate of drug-likeness (QED) is 0.642. The Morgan fingerprint density at radius 3 is 2.69 bits per heavy atom. The van der Waals surface area contributed by atoms with Crippen LogP contribution in [0, 0.1) is 5.92 Å². The van der Waals surface area contributed by atoms with Crippen molar-refractivity contribution in [2.75, 3.05) is 17.2 Å². The lowest BCUT2D eigenvalue weighted by Crippen LogP contribution is -2.42. The van der Waals surface area contributed by atoms with Crippen LogP contribution in [0.3, 0.4) is 0 Å². The number of anilines is 2. The van der Waals surface area contributed by atoms with Crippen LogP contribution in [0.1, 0.15) is 39.2 Å². The molecule has 2 aromatic rings. The number of nitrogens with one attached hydrogen (secondary N) is 1. The number of carbonyl (C=O) groups excluding carboxylic acids is 1. The van der Waals surface area contributed by atoms with Gasteiger partial charge in [0.1, 0.15) is 5.82 Å². The predicted molar refractivity (Wildman–Crippen MR) is 118 cm³/mol. The second kappa shape index (κ2) is 10.1. The number of hydrogen-bond acceptors (Lipinski definition) is 4. The standard InChI is InChI=1S/C21H27ClN4O3/c1-4-5-11-25-19(23)18(20(28)24-21(25)29)26(13-14(2)3)17(27)10-9-15-7-6-8-16(22)12-15/h6-10,12,14H,4-5,11,13,23H2,1-3H3,(H,24,28,29)/b10-9+. The first-order chi connectivity index (χ1) is 13.7. The number of nitrogen functional groups attached to an aromatic ring is 1. The van der Waals surface area contributed by atoms with Gasteiger partial charge in [0, 0.05) is 24.2 Å². The first-order valence-electron chi connectivity index (χ1n) is 9.62. The summed E-state index contributed by atoms with van der Waals surface area (Å²) in [4.78, 5) is 41.3. The van der Waals surface area contributed by atoms with Crippen LogP contribution < -0.4 is 21.9 Å². The lowest BCUT2D eigenvalue weighted by Gasteiger charge is -2.25. The largest absolute Gasteiger partial charge is 0.383 e. The van der Waals surface area contributed by atoms with Crippen molar-refractivity contribution in [2.45, 2.75) is 40.2 Å². The molecule has 7 nitrogen and oxygen atoms in total. The van der Waals surface area contributed by atoms with Crippen LogP contribution in [0.4, 0.5) is 11.5 Å². The van der Waals surface area contributed by atoms with E-state index in [1.165, 1.54) is 15.5 Å². The zero-order chi connectivity index (χ0) is 21.6. The molecule has 2 rings (SSSR count). The van der Waals surface area contributed by atoms with Gasteiger partial charge in [0.05, 0.1) is 0 Å². The average Bonchev–Trinajstić information content (AvgIpc) is 2.64. The molecule has 8 heteroatoms. The molecule has 0 saturated heterocycles. The average molecular weight is 419 g/mol. The second-order valence-corrected chi connectivity index (χ2v) is 7.67. The summed E-state index contributed by atoms with van der Waals surface area (Å²) in [6, 6.07) is 7.06. The third kappa shape index (κ3) is 5.84. The Hall–Kier alpha value is -2.80. The summed E-state index contributed by atoms with van der Waals surface area (Å²) in [7, 11) is 0. The van der Waals surface area contributed by atoms with Crippen molar-refractivity contribution in [1.82, 2.24) is 9.55 Å². The molecule has 0 saturated carbocycles. The molecular formula is C21H27ClN4O3. The molecule has 0 aliphatic rings. The van der Waals surface area contributed by atoms with Gasteiger partial charge >= 0.3 is 5.69 Å². The predicted octanol–water partition coefficient (Wildman–Crippen LogP) is 3.27. The summed E-state index contributed by atoms with van der Waals surface area (Å²) in [5.74, 6) is -0.331. The summed E-state index contributed by atoms with van der Waals surface area (Å²) in [5, 5.41) is 0.558. The van der Waals surface area contributed by atoms with Gasteiger partial charge in [0.15, 0.2) is 5.69 Å². The minimum atomic E-state index is -0.676. The minimum Gasteiger partial charge on any atom is -0.383 e. The van der Waals surface area contributed by atoms with Gasteiger partial charge in [-0.25, -0.2) is 4.79 Å². The number of rotatable bonds is 8. The molecule has 0 bridgehead atoms. The molecule has 1 amide bonds. The summed E-state index contributed by atoms with van der Waals surface area (Å²) in [6.45, 7) is 6.49. The molecule has 0 unspecified atom stereocenters. The monoisotopic (exact) mass is 418 g/mol. The van der Waals surface area contributed by atoms with Gasteiger partial charge in [-0.15, -0.1) is 0 Å². The van der Waals surface area contributed by atoms with Crippen molar-refractivity contribution in [3.8, 4) is 0 Å². The van der Waals surface area contributed by atoms with Crippen molar-refractivity contribution in [1.29, 1.82) is 0 Å². The van der Waals surface area contributed by atoms with E-state index < -0.39 is 17.2 Å². The van der Waals surface area contributed by atoms with Crippen molar-refractivity contribution >= 4 is 35.1 Å². The maximum Gasteiger partial charge on any atom is 0.330 e. The Labute approximate surface area is 174 Å². The molecule has 1 heterocycles. The maximum atomic E-state index is 13.0. The molecule has 0 aliphatic heterocycles. The molecule has 156 valence electrons. The molecular weight excluding hydrogens is 392 g/mol. The van der Waals surface area contributed by atoms with E-state index in [-0.39, 0.29) is 24.0 Å². The number of nitrogens with two attached hydrogens (primary N) is 1. The summed E-state index contributed by atoms with van der Waals surface area (Å²) < 4.78 is 1.31. The Balaban J connectivity index is 2.48. The van der Waals surface area contributed by atoms with E-state index in [1.54, 1.807) is 24.3 Å². The third-order valence-corrected chi connectivity index (χ3v) is 4.54. The van der Waals surface area contributed by atoms with E-state index in [4.69, 9.17) is 17.3 Å². The Kier molecular flexibility index (Phi) is 7.84. The van der Waals surface area contributed by atoms with Gasteiger partial charge < -0.3 is 10.6 Å². The van der Waals surface area contributed by atoms with Crippen molar-refractivity contribution in [3.63, 3.8) is 0 Å². The molecule has 0 aliphatic carbocycles. The number of aromatic nitrogens is 2. The highest BCUT2D eigenvalue weighted by atomic mass is 35.5. The molecule has 0 fully saturated rings. The third-order valence-electron chi connectivity index (χ3n) is 4.30. The number of nitrogens with zero attached hydrogens (tertiary/aromatic N) is 2. The fourth-order valence-electron chi connectivity index (χ4n) is 2.90. The summed E-state index contributed by atoms with van der Waals surface area (Å²) in [5.41, 5.74) is 5.68. The van der Waals surface area contributed by atoms with Crippen LogP contribution in [0.2, 0.25) is 5.02 Å². The van der Waals surface area contributed by atoms with Gasteiger partial charge in [-0.1, -0.05) is 50.9 Å². The van der Waals surface area contributed by atoms with Gasteiger partial charge in [-0.3, -0.25) is 19.1 Å². The van der Waals surface area contributed by atoms with Crippen LogP contribution >= 0.6 is 11.6 Å². The fraction of sp³-hybridized carbons (Fsp3) is 0.381. The van der Waals surface area contributed by atoms with Crippen molar-refractivity contribution in [3.05, 3.63) is 61.8 Å². The van der Waals surface area contributed by atoms with E-state index in [0.717, 1.165) is 18.4 Å². The Morgan fingerprint density at radius 2 is 2.07 bits per heavy atom. The van der Waals surface area contributed by atoms with Crippen LogP contribution in [0.15, 0.2) is 39.9 Å².